The summed E-state index contributed by atoms with van der Waals surface area (Å²) in [4.78, 5) is 2.39. The number of hydrogen-bond acceptors (Lipinski definition) is 1. The molecule has 8 aromatic carbocycles. The molecule has 1 heteroatoms. The van der Waals surface area contributed by atoms with E-state index in [9.17, 15) is 0 Å². The van der Waals surface area contributed by atoms with Gasteiger partial charge in [0.1, 0.15) is 0 Å². The molecule has 8 aromatic rings. The maximum Gasteiger partial charge on any atom is 0.0465 e. The first-order valence-corrected chi connectivity index (χ1v) is 17.9. The first-order valence-electron chi connectivity index (χ1n) is 17.9. The van der Waals surface area contributed by atoms with Gasteiger partial charge in [0.2, 0.25) is 0 Å². The van der Waals surface area contributed by atoms with Crippen molar-refractivity contribution in [3.8, 4) is 33.4 Å². The minimum atomic E-state index is -0.0919. The summed E-state index contributed by atoms with van der Waals surface area (Å²) < 4.78 is 0. The van der Waals surface area contributed by atoms with E-state index in [1.165, 1.54) is 71.7 Å². The van der Waals surface area contributed by atoms with Crippen LogP contribution in [0.4, 0.5) is 17.1 Å². The molecule has 0 saturated heterocycles. The maximum absolute atomic E-state index is 2.53. The molecule has 0 radical (unpaired) electrons. The molecule has 9 rings (SSSR count). The average molecular weight is 642 g/mol. The van der Waals surface area contributed by atoms with Gasteiger partial charge in [-0.05, 0) is 121 Å². The molecule has 0 saturated carbocycles. The third-order valence-electron chi connectivity index (χ3n) is 11.1. The Labute approximate surface area is 295 Å². The van der Waals surface area contributed by atoms with E-state index in [1.54, 1.807) is 0 Å². The van der Waals surface area contributed by atoms with Gasteiger partial charge >= 0.3 is 0 Å². The molecular formula is C49H39N. The lowest BCUT2D eigenvalue weighted by atomic mass is 9.73. The molecule has 50 heavy (non-hydrogen) atoms. The van der Waals surface area contributed by atoms with Crippen molar-refractivity contribution in [2.45, 2.75) is 32.1 Å². The van der Waals surface area contributed by atoms with Gasteiger partial charge in [-0.1, -0.05) is 147 Å². The van der Waals surface area contributed by atoms with Gasteiger partial charge in [-0.2, -0.15) is 0 Å². The summed E-state index contributed by atoms with van der Waals surface area (Å²) in [6, 6.07) is 64.7. The van der Waals surface area contributed by atoms with Gasteiger partial charge in [-0.15, -0.1) is 0 Å². The smallest absolute Gasteiger partial charge is 0.0465 e. The van der Waals surface area contributed by atoms with Crippen molar-refractivity contribution in [2.24, 2.45) is 0 Å². The maximum atomic E-state index is 2.53. The highest BCUT2D eigenvalue weighted by atomic mass is 15.1. The third-order valence-corrected chi connectivity index (χ3v) is 11.1. The van der Waals surface area contributed by atoms with Crippen LogP contribution in [-0.4, -0.2) is 0 Å². The molecule has 0 aromatic heterocycles. The Morgan fingerprint density at radius 1 is 0.380 bits per heavy atom. The Hall–Kier alpha value is -5.92. The van der Waals surface area contributed by atoms with E-state index in [1.807, 2.05) is 0 Å². The molecule has 0 N–H and O–H groups in total. The lowest BCUT2D eigenvalue weighted by Crippen LogP contribution is -2.23. The molecule has 0 atom stereocenters. The van der Waals surface area contributed by atoms with Crippen LogP contribution in [0.2, 0.25) is 0 Å². The van der Waals surface area contributed by atoms with Crippen LogP contribution in [-0.2, 0) is 5.41 Å². The Morgan fingerprint density at radius 3 is 1.30 bits per heavy atom. The van der Waals surface area contributed by atoms with E-state index >= 15 is 0 Å². The molecule has 1 nitrogen and oxygen atoms in total. The van der Waals surface area contributed by atoms with Crippen molar-refractivity contribution in [3.05, 3.63) is 187 Å². The van der Waals surface area contributed by atoms with Crippen molar-refractivity contribution < 1.29 is 0 Å². The van der Waals surface area contributed by atoms with E-state index in [4.69, 9.17) is 0 Å². The van der Waals surface area contributed by atoms with E-state index in [-0.39, 0.29) is 5.41 Å². The molecule has 0 unspecified atom stereocenters. The summed E-state index contributed by atoms with van der Waals surface area (Å²) >= 11 is 0. The Bertz CT molecular complexity index is 2400. The standard InChI is InChI=1S/C49H39N/c1-3-49(4-2)45-32-35(48-43-26-16-14-24-41(43)47(34-18-8-5-9-19-34)42-25-15-17-27-44(42)48)28-30-39(45)40-31-29-38(33-46(40)49)50(36-20-10-6-11-21-36)37-22-12-7-13-23-37/h5-33H,3-4H2,1-2H3. The van der Waals surface area contributed by atoms with Crippen LogP contribution in [0.5, 0.6) is 0 Å². The summed E-state index contributed by atoms with van der Waals surface area (Å²) in [5.74, 6) is 0. The Balaban J connectivity index is 1.25. The molecule has 0 fully saturated rings. The highest BCUT2D eigenvalue weighted by molar-refractivity contribution is 6.21. The van der Waals surface area contributed by atoms with Crippen LogP contribution >= 0.6 is 0 Å². The highest BCUT2D eigenvalue weighted by Gasteiger charge is 2.41. The minimum Gasteiger partial charge on any atom is -0.310 e. The first-order chi connectivity index (χ1) is 24.7. The summed E-state index contributed by atoms with van der Waals surface area (Å²) in [5.41, 5.74) is 14.2. The first kappa shape index (κ1) is 30.2. The summed E-state index contributed by atoms with van der Waals surface area (Å²) in [6.07, 6.45) is 2.06. The second kappa shape index (κ2) is 12.2. The van der Waals surface area contributed by atoms with E-state index in [2.05, 4.69) is 195 Å². The fourth-order valence-electron chi connectivity index (χ4n) is 8.75. The van der Waals surface area contributed by atoms with Crippen molar-refractivity contribution in [1.29, 1.82) is 0 Å². The Morgan fingerprint density at radius 2 is 0.800 bits per heavy atom. The molecule has 1 aliphatic carbocycles. The monoisotopic (exact) mass is 641 g/mol. The zero-order valence-corrected chi connectivity index (χ0v) is 28.6. The van der Waals surface area contributed by atoms with E-state index in [0.717, 1.165) is 24.2 Å². The highest BCUT2D eigenvalue weighted by Crippen LogP contribution is 2.55. The largest absolute Gasteiger partial charge is 0.310 e. The molecule has 240 valence electrons. The topological polar surface area (TPSA) is 3.24 Å². The van der Waals surface area contributed by atoms with Gasteiger partial charge in [-0.3, -0.25) is 0 Å². The van der Waals surface area contributed by atoms with Crippen molar-refractivity contribution in [1.82, 2.24) is 0 Å². The fraction of sp³-hybridized carbons (Fsp3) is 0.102. The second-order valence-electron chi connectivity index (χ2n) is 13.5. The summed E-state index contributed by atoms with van der Waals surface area (Å²) in [6.45, 7) is 4.74. The SMILES string of the molecule is CCC1(CC)c2cc(-c3c4ccccc4c(-c4ccccc4)c4ccccc34)ccc2-c2ccc(N(c3ccccc3)c3ccccc3)cc21. The third kappa shape index (κ3) is 4.61. The quantitative estimate of drug-likeness (QED) is 0.157. The van der Waals surface area contributed by atoms with Crippen molar-refractivity contribution in [2.75, 3.05) is 4.90 Å². The predicted molar refractivity (Wildman–Crippen MR) is 214 cm³/mol. The molecule has 0 aliphatic heterocycles. The van der Waals surface area contributed by atoms with E-state index in [0.29, 0.717) is 0 Å². The number of rotatable bonds is 7. The number of nitrogens with zero attached hydrogens (tertiary/aromatic N) is 1. The van der Waals surface area contributed by atoms with Gasteiger partial charge in [0, 0.05) is 22.5 Å². The molecule has 0 heterocycles. The normalized spacial score (nSPS) is 12.9. The van der Waals surface area contributed by atoms with Crippen LogP contribution < -0.4 is 4.90 Å². The summed E-state index contributed by atoms with van der Waals surface area (Å²) in [5, 5.41) is 5.17. The number of fused-ring (bicyclic) bond motifs is 5. The van der Waals surface area contributed by atoms with Gasteiger partial charge in [0.05, 0.1) is 0 Å². The Kier molecular flexibility index (Phi) is 7.36. The van der Waals surface area contributed by atoms with Crippen LogP contribution in [0.25, 0.3) is 54.9 Å². The predicted octanol–water partition coefficient (Wildman–Crippen LogP) is 13.9. The lowest BCUT2D eigenvalue weighted by molar-refractivity contribution is 0.490. The van der Waals surface area contributed by atoms with Crippen LogP contribution in [0, 0.1) is 0 Å². The van der Waals surface area contributed by atoms with Crippen molar-refractivity contribution >= 4 is 38.6 Å². The van der Waals surface area contributed by atoms with Gasteiger partial charge < -0.3 is 4.90 Å². The number of para-hydroxylation sites is 2. The molecule has 0 bridgehead atoms. The van der Waals surface area contributed by atoms with Crippen LogP contribution in [0.1, 0.15) is 37.8 Å². The fourth-order valence-corrected chi connectivity index (χ4v) is 8.75. The zero-order valence-electron chi connectivity index (χ0n) is 28.6. The van der Waals surface area contributed by atoms with E-state index < -0.39 is 0 Å². The zero-order chi connectivity index (χ0) is 33.7. The van der Waals surface area contributed by atoms with Gasteiger partial charge in [-0.25, -0.2) is 0 Å². The van der Waals surface area contributed by atoms with Crippen molar-refractivity contribution in [3.63, 3.8) is 0 Å². The van der Waals surface area contributed by atoms with Gasteiger partial charge in [0.25, 0.3) is 0 Å². The number of hydrogen-bond donors (Lipinski definition) is 0. The molecule has 0 amide bonds. The molecule has 1 aliphatic rings. The van der Waals surface area contributed by atoms with Crippen LogP contribution in [0.3, 0.4) is 0 Å². The number of benzene rings is 8. The lowest BCUT2D eigenvalue weighted by Gasteiger charge is -2.32. The summed E-state index contributed by atoms with van der Waals surface area (Å²) in [7, 11) is 0. The van der Waals surface area contributed by atoms with Crippen LogP contribution in [0.15, 0.2) is 176 Å². The minimum absolute atomic E-state index is 0.0919. The average Bonchev–Trinajstić information content (AvgIpc) is 3.46. The second-order valence-corrected chi connectivity index (χ2v) is 13.5. The molecule has 0 spiro atoms. The van der Waals surface area contributed by atoms with Gasteiger partial charge in [0.15, 0.2) is 0 Å². The molecular weight excluding hydrogens is 603 g/mol. The number of anilines is 3.